The lowest BCUT2D eigenvalue weighted by Gasteiger charge is -2.46. The quantitative estimate of drug-likeness (QED) is 0.705. The number of amides is 1. The molecule has 0 saturated heterocycles. The Kier molecular flexibility index (Phi) is 3.74. The van der Waals surface area contributed by atoms with Crippen molar-refractivity contribution in [2.24, 2.45) is 11.8 Å². The average Bonchev–Trinajstić information content (AvgIpc) is 3.38. The molecule has 146 valence electrons. The molecule has 0 saturated carbocycles. The van der Waals surface area contributed by atoms with Gasteiger partial charge in [-0.25, -0.2) is 0 Å². The number of anilines is 2. The molecule has 1 N–H and O–H groups in total. The molecule has 6 rings (SSSR count). The van der Waals surface area contributed by atoms with Gasteiger partial charge in [0.05, 0.1) is 0 Å². The lowest BCUT2D eigenvalue weighted by Crippen LogP contribution is -2.44. The van der Waals surface area contributed by atoms with Crippen molar-refractivity contribution >= 4 is 17.3 Å². The van der Waals surface area contributed by atoms with E-state index in [0.717, 1.165) is 36.3 Å². The summed E-state index contributed by atoms with van der Waals surface area (Å²) in [7, 11) is 0. The molecule has 0 fully saturated rings. The van der Waals surface area contributed by atoms with E-state index < -0.39 is 0 Å². The Balaban J connectivity index is 1.47. The molecular weight excluding hydrogens is 356 g/mol. The van der Waals surface area contributed by atoms with Crippen LogP contribution >= 0.6 is 0 Å². The van der Waals surface area contributed by atoms with Gasteiger partial charge in [-0.3, -0.25) is 4.79 Å². The van der Waals surface area contributed by atoms with Gasteiger partial charge in [0.2, 0.25) is 0 Å². The molecular formula is C26H26N2O. The first-order chi connectivity index (χ1) is 14.2. The number of allylic oxidation sites excluding steroid dienone is 4. The SMILES string of the molecule is Cc1ccccc1C(=O)Nc1ccc2c3c1C1C=CCC1CN3CC1CC=CC21. The summed E-state index contributed by atoms with van der Waals surface area (Å²) in [6.45, 7) is 4.27. The van der Waals surface area contributed by atoms with Crippen LogP contribution in [0.3, 0.4) is 0 Å². The number of carbonyl (C=O) groups is 1. The van der Waals surface area contributed by atoms with Crippen LogP contribution in [0.4, 0.5) is 11.4 Å². The number of hydrogen-bond acceptors (Lipinski definition) is 2. The number of rotatable bonds is 2. The molecule has 3 nitrogen and oxygen atoms in total. The normalized spacial score (nSPS) is 28.1. The van der Waals surface area contributed by atoms with Gasteiger partial charge >= 0.3 is 0 Å². The van der Waals surface area contributed by atoms with Crippen LogP contribution in [0.1, 0.15) is 51.7 Å². The van der Waals surface area contributed by atoms with E-state index in [9.17, 15) is 4.79 Å². The largest absolute Gasteiger partial charge is 0.370 e. The molecule has 2 heterocycles. The fourth-order valence-electron chi connectivity index (χ4n) is 6.01. The summed E-state index contributed by atoms with van der Waals surface area (Å²) >= 11 is 0. The molecule has 0 spiro atoms. The summed E-state index contributed by atoms with van der Waals surface area (Å²) in [5.41, 5.74) is 6.95. The smallest absolute Gasteiger partial charge is 0.255 e. The van der Waals surface area contributed by atoms with Crippen LogP contribution < -0.4 is 10.2 Å². The predicted molar refractivity (Wildman–Crippen MR) is 118 cm³/mol. The summed E-state index contributed by atoms with van der Waals surface area (Å²) in [5, 5.41) is 3.28. The minimum absolute atomic E-state index is 0.00982. The van der Waals surface area contributed by atoms with Crippen molar-refractivity contribution in [2.75, 3.05) is 23.3 Å². The van der Waals surface area contributed by atoms with E-state index in [2.05, 4.69) is 46.7 Å². The van der Waals surface area contributed by atoms with Crippen molar-refractivity contribution in [1.82, 2.24) is 0 Å². The predicted octanol–water partition coefficient (Wildman–Crippen LogP) is 5.40. The molecule has 4 atom stereocenters. The van der Waals surface area contributed by atoms with Crippen molar-refractivity contribution in [2.45, 2.75) is 31.6 Å². The van der Waals surface area contributed by atoms with E-state index in [1.807, 2.05) is 31.2 Å². The summed E-state index contributed by atoms with van der Waals surface area (Å²) < 4.78 is 0. The average molecular weight is 383 g/mol. The van der Waals surface area contributed by atoms with Gasteiger partial charge in [0.15, 0.2) is 0 Å². The first-order valence-electron chi connectivity index (χ1n) is 10.8. The Labute approximate surface area is 172 Å². The number of nitrogens with one attached hydrogen (secondary N) is 1. The Morgan fingerprint density at radius 2 is 1.69 bits per heavy atom. The van der Waals surface area contributed by atoms with Gasteiger partial charge in [0.25, 0.3) is 5.91 Å². The third kappa shape index (κ3) is 2.53. The van der Waals surface area contributed by atoms with Gasteiger partial charge in [-0.1, -0.05) is 48.6 Å². The molecule has 4 unspecified atom stereocenters. The standard InChI is InChI=1S/C26H26N2O/c1-16-6-2-3-9-19(16)26(29)27-23-13-12-22-20-10-4-7-17(20)14-28-15-18-8-5-11-21(18)24(23)25(22)28/h2-6,9-13,17-18,20-21H,7-8,14-15H2,1H3,(H,27,29). The minimum atomic E-state index is -0.00982. The van der Waals surface area contributed by atoms with E-state index in [4.69, 9.17) is 0 Å². The summed E-state index contributed by atoms with van der Waals surface area (Å²) in [6, 6.07) is 12.2. The van der Waals surface area contributed by atoms with Crippen molar-refractivity contribution in [1.29, 1.82) is 0 Å². The van der Waals surface area contributed by atoms with Crippen LogP contribution in [0.25, 0.3) is 0 Å². The molecule has 2 aliphatic carbocycles. The fraction of sp³-hybridized carbons (Fsp3) is 0.346. The Morgan fingerprint density at radius 1 is 0.966 bits per heavy atom. The second kappa shape index (κ2) is 6.35. The van der Waals surface area contributed by atoms with Crippen LogP contribution in [0.2, 0.25) is 0 Å². The molecule has 2 aliphatic heterocycles. The maximum absolute atomic E-state index is 13.1. The first kappa shape index (κ1) is 17.1. The van der Waals surface area contributed by atoms with Crippen LogP contribution in [0, 0.1) is 18.8 Å². The highest BCUT2D eigenvalue weighted by atomic mass is 16.1. The van der Waals surface area contributed by atoms with Gasteiger partial charge in [0, 0.05) is 47.4 Å². The van der Waals surface area contributed by atoms with Gasteiger partial charge in [-0.15, -0.1) is 0 Å². The maximum atomic E-state index is 13.1. The molecule has 0 bridgehead atoms. The maximum Gasteiger partial charge on any atom is 0.255 e. The Bertz CT molecular complexity index is 1060. The van der Waals surface area contributed by atoms with Crippen LogP contribution in [0.15, 0.2) is 60.7 Å². The number of aryl methyl sites for hydroxylation is 1. The van der Waals surface area contributed by atoms with E-state index in [1.54, 1.807) is 0 Å². The van der Waals surface area contributed by atoms with Crippen molar-refractivity contribution < 1.29 is 4.79 Å². The van der Waals surface area contributed by atoms with Gasteiger partial charge in [-0.2, -0.15) is 0 Å². The van der Waals surface area contributed by atoms with Crippen molar-refractivity contribution in [3.05, 3.63) is 83.0 Å². The highest BCUT2D eigenvalue weighted by Gasteiger charge is 2.43. The molecule has 4 aliphatic rings. The number of hydrogen-bond donors (Lipinski definition) is 1. The van der Waals surface area contributed by atoms with Crippen molar-refractivity contribution in [3.63, 3.8) is 0 Å². The van der Waals surface area contributed by atoms with E-state index in [-0.39, 0.29) is 5.91 Å². The zero-order valence-electron chi connectivity index (χ0n) is 16.8. The number of nitrogens with zero attached hydrogens (tertiary/aromatic N) is 1. The second-order valence-electron chi connectivity index (χ2n) is 9.04. The third-order valence-corrected chi connectivity index (χ3v) is 7.38. The highest BCUT2D eigenvalue weighted by Crippen LogP contribution is 2.54. The molecule has 0 radical (unpaired) electrons. The topological polar surface area (TPSA) is 32.3 Å². The zero-order chi connectivity index (χ0) is 19.5. The lowest BCUT2D eigenvalue weighted by atomic mass is 9.74. The van der Waals surface area contributed by atoms with E-state index >= 15 is 0 Å². The van der Waals surface area contributed by atoms with Crippen molar-refractivity contribution in [3.8, 4) is 0 Å². The number of carbonyl (C=O) groups excluding carboxylic acids is 1. The molecule has 1 amide bonds. The molecule has 2 aromatic carbocycles. The summed E-state index contributed by atoms with van der Waals surface area (Å²) in [4.78, 5) is 15.7. The van der Waals surface area contributed by atoms with Crippen LogP contribution in [-0.2, 0) is 0 Å². The fourth-order valence-corrected chi connectivity index (χ4v) is 6.01. The van der Waals surface area contributed by atoms with Gasteiger partial charge < -0.3 is 10.2 Å². The highest BCUT2D eigenvalue weighted by molar-refractivity contribution is 6.06. The molecule has 2 aromatic rings. The molecule has 0 aromatic heterocycles. The lowest BCUT2D eigenvalue weighted by molar-refractivity contribution is 0.102. The molecule has 3 heteroatoms. The second-order valence-corrected chi connectivity index (χ2v) is 9.04. The Morgan fingerprint density at radius 3 is 2.48 bits per heavy atom. The number of benzene rings is 2. The first-order valence-corrected chi connectivity index (χ1v) is 10.8. The van der Waals surface area contributed by atoms with E-state index in [0.29, 0.717) is 23.7 Å². The minimum Gasteiger partial charge on any atom is -0.370 e. The third-order valence-electron chi connectivity index (χ3n) is 7.38. The Hall–Kier alpha value is -2.81. The van der Waals surface area contributed by atoms with Crippen LogP contribution in [0.5, 0.6) is 0 Å². The monoisotopic (exact) mass is 382 g/mol. The van der Waals surface area contributed by atoms with Gasteiger partial charge in [0.1, 0.15) is 0 Å². The van der Waals surface area contributed by atoms with Gasteiger partial charge in [-0.05, 0) is 54.9 Å². The summed E-state index contributed by atoms with van der Waals surface area (Å²) in [5.74, 6) is 2.26. The molecule has 29 heavy (non-hydrogen) atoms. The zero-order valence-corrected chi connectivity index (χ0v) is 16.8. The van der Waals surface area contributed by atoms with E-state index in [1.165, 1.54) is 23.2 Å². The number of fused-ring (bicyclic) bond motifs is 4. The van der Waals surface area contributed by atoms with Crippen LogP contribution in [-0.4, -0.2) is 19.0 Å². The summed E-state index contributed by atoms with van der Waals surface area (Å²) in [6.07, 6.45) is 11.8.